The Bertz CT molecular complexity index is 853. The first-order valence-corrected chi connectivity index (χ1v) is 11.4. The number of hydrogen-bond acceptors (Lipinski definition) is 5. The van der Waals surface area contributed by atoms with Crippen LogP contribution in [0.25, 0.3) is 0 Å². The van der Waals surface area contributed by atoms with Crippen LogP contribution in [-0.4, -0.2) is 40.6 Å². The van der Waals surface area contributed by atoms with Gasteiger partial charge in [0.25, 0.3) is 10.0 Å². The molecule has 1 fully saturated rings. The maximum absolute atomic E-state index is 12.7. The van der Waals surface area contributed by atoms with Crippen molar-refractivity contribution in [3.8, 4) is 0 Å². The minimum Gasteiger partial charge on any atom is -0.315 e. The van der Waals surface area contributed by atoms with Crippen LogP contribution >= 0.6 is 22.9 Å². The van der Waals surface area contributed by atoms with E-state index in [1.54, 1.807) is 16.4 Å². The van der Waals surface area contributed by atoms with E-state index in [0.29, 0.717) is 21.6 Å². The lowest BCUT2D eigenvalue weighted by atomic mass is 9.97. The lowest BCUT2D eigenvalue weighted by Gasteiger charge is -2.30. The van der Waals surface area contributed by atoms with E-state index in [9.17, 15) is 8.42 Å². The molecular formula is C16H21ClN4O2S2. The lowest BCUT2D eigenvalue weighted by molar-refractivity contribution is 0.309. The van der Waals surface area contributed by atoms with Crippen LogP contribution in [0.15, 0.2) is 16.3 Å². The molecule has 0 radical (unpaired) electrons. The van der Waals surface area contributed by atoms with Gasteiger partial charge in [-0.1, -0.05) is 18.0 Å². The zero-order valence-corrected chi connectivity index (χ0v) is 16.3. The second kappa shape index (κ2) is 6.98. The molecule has 136 valence electrons. The number of hydrogen-bond donors (Lipinski definition) is 0. The van der Waals surface area contributed by atoms with E-state index in [2.05, 4.69) is 14.8 Å². The molecule has 4 heterocycles. The fourth-order valence-corrected chi connectivity index (χ4v) is 6.83. The minimum atomic E-state index is -3.43. The summed E-state index contributed by atoms with van der Waals surface area (Å²) in [5, 5.41) is 8.82. The van der Waals surface area contributed by atoms with Gasteiger partial charge in [0.05, 0.1) is 4.34 Å². The van der Waals surface area contributed by atoms with E-state index in [0.717, 1.165) is 48.8 Å². The van der Waals surface area contributed by atoms with Gasteiger partial charge >= 0.3 is 0 Å². The highest BCUT2D eigenvalue weighted by atomic mass is 35.5. The summed E-state index contributed by atoms with van der Waals surface area (Å²) < 4.78 is 30.1. The number of rotatable bonds is 3. The molecule has 2 aliphatic rings. The molecule has 6 nitrogen and oxygen atoms in total. The Hall–Kier alpha value is -0.960. The first-order chi connectivity index (χ1) is 12.1. The first kappa shape index (κ1) is 17.5. The van der Waals surface area contributed by atoms with Crippen LogP contribution < -0.4 is 0 Å². The molecule has 1 saturated heterocycles. The lowest BCUT2D eigenvalue weighted by Crippen LogP contribution is -2.38. The summed E-state index contributed by atoms with van der Waals surface area (Å²) in [6, 6.07) is 3.23. The van der Waals surface area contributed by atoms with Crippen molar-refractivity contribution in [1.82, 2.24) is 19.1 Å². The van der Waals surface area contributed by atoms with Gasteiger partial charge in [-0.05, 0) is 37.8 Å². The van der Waals surface area contributed by atoms with Crippen molar-refractivity contribution in [2.24, 2.45) is 0 Å². The molecule has 2 aromatic rings. The molecule has 0 aromatic carbocycles. The van der Waals surface area contributed by atoms with Gasteiger partial charge in [-0.25, -0.2) is 8.42 Å². The number of aryl methyl sites for hydroxylation is 1. The monoisotopic (exact) mass is 400 g/mol. The third-order valence-electron chi connectivity index (χ3n) is 5.10. The largest absolute Gasteiger partial charge is 0.315 e. The Balaban J connectivity index is 1.48. The molecule has 0 saturated carbocycles. The Labute approximate surface area is 156 Å². The second-order valence-corrected chi connectivity index (χ2v) is 10.6. The van der Waals surface area contributed by atoms with Crippen LogP contribution in [-0.2, 0) is 23.0 Å². The standard InChI is InChI=1S/C16H21ClN4O2S2/c17-13-5-6-15(24-13)25(22,23)20-10-7-12(8-11-20)16-19-18-14-4-2-1-3-9-21(14)16/h5-6,12H,1-4,7-11H2. The molecule has 0 atom stereocenters. The molecule has 0 unspecified atom stereocenters. The molecule has 0 bridgehead atoms. The van der Waals surface area contributed by atoms with Gasteiger partial charge in [-0.15, -0.1) is 21.5 Å². The van der Waals surface area contributed by atoms with Gasteiger partial charge < -0.3 is 4.57 Å². The third kappa shape index (κ3) is 3.37. The van der Waals surface area contributed by atoms with Gasteiger partial charge in [0.1, 0.15) is 15.9 Å². The Kier molecular flexibility index (Phi) is 4.87. The minimum absolute atomic E-state index is 0.290. The van der Waals surface area contributed by atoms with Crippen molar-refractivity contribution in [3.63, 3.8) is 0 Å². The molecule has 0 aliphatic carbocycles. The van der Waals surface area contributed by atoms with Gasteiger partial charge in [0.2, 0.25) is 0 Å². The van der Waals surface area contributed by atoms with E-state index in [-0.39, 0.29) is 5.92 Å². The van der Waals surface area contributed by atoms with Gasteiger partial charge in [0, 0.05) is 32.0 Å². The van der Waals surface area contributed by atoms with Crippen molar-refractivity contribution in [1.29, 1.82) is 0 Å². The molecule has 0 amide bonds. The average Bonchev–Trinajstić information content (AvgIpc) is 3.15. The van der Waals surface area contributed by atoms with Crippen molar-refractivity contribution >= 4 is 33.0 Å². The third-order valence-corrected chi connectivity index (χ3v) is 8.70. The summed E-state index contributed by atoms with van der Waals surface area (Å²) in [6.07, 6.45) is 6.16. The molecular weight excluding hydrogens is 380 g/mol. The molecule has 2 aliphatic heterocycles. The average molecular weight is 401 g/mol. The summed E-state index contributed by atoms with van der Waals surface area (Å²) in [7, 11) is -3.43. The Morgan fingerprint density at radius 1 is 1.08 bits per heavy atom. The molecule has 9 heteroatoms. The van der Waals surface area contributed by atoms with E-state index < -0.39 is 10.0 Å². The molecule has 4 rings (SSSR count). The summed E-state index contributed by atoms with van der Waals surface area (Å²) >= 11 is 7.01. The maximum Gasteiger partial charge on any atom is 0.252 e. The fourth-order valence-electron chi connectivity index (χ4n) is 3.73. The van der Waals surface area contributed by atoms with Crippen molar-refractivity contribution in [3.05, 3.63) is 28.1 Å². The normalized spacial score (nSPS) is 20.4. The Morgan fingerprint density at radius 2 is 1.88 bits per heavy atom. The van der Waals surface area contributed by atoms with Gasteiger partial charge in [0.15, 0.2) is 0 Å². The molecule has 2 aromatic heterocycles. The number of sulfonamides is 1. The van der Waals surface area contributed by atoms with E-state index in [4.69, 9.17) is 11.6 Å². The highest BCUT2D eigenvalue weighted by molar-refractivity contribution is 7.91. The van der Waals surface area contributed by atoms with E-state index in [1.165, 1.54) is 19.3 Å². The van der Waals surface area contributed by atoms with Crippen LogP contribution in [0.2, 0.25) is 4.34 Å². The van der Waals surface area contributed by atoms with Gasteiger partial charge in [-0.3, -0.25) is 0 Å². The molecule has 0 spiro atoms. The zero-order chi connectivity index (χ0) is 17.4. The summed E-state index contributed by atoms with van der Waals surface area (Å²) in [4.78, 5) is 0. The summed E-state index contributed by atoms with van der Waals surface area (Å²) in [5.74, 6) is 2.43. The highest BCUT2D eigenvalue weighted by Gasteiger charge is 2.33. The number of fused-ring (bicyclic) bond motifs is 1. The number of piperidine rings is 1. The number of aromatic nitrogens is 3. The maximum atomic E-state index is 12.7. The van der Waals surface area contributed by atoms with Crippen LogP contribution in [0.5, 0.6) is 0 Å². The summed E-state index contributed by atoms with van der Waals surface area (Å²) in [6.45, 7) is 2.03. The Morgan fingerprint density at radius 3 is 2.60 bits per heavy atom. The van der Waals surface area contributed by atoms with Crippen molar-refractivity contribution in [2.45, 2.75) is 55.2 Å². The quantitative estimate of drug-likeness (QED) is 0.792. The van der Waals surface area contributed by atoms with Crippen LogP contribution in [0.3, 0.4) is 0 Å². The predicted octanol–water partition coefficient (Wildman–Crippen LogP) is 3.29. The first-order valence-electron chi connectivity index (χ1n) is 8.73. The second-order valence-electron chi connectivity index (χ2n) is 6.67. The van der Waals surface area contributed by atoms with E-state index in [1.807, 2.05) is 0 Å². The summed E-state index contributed by atoms with van der Waals surface area (Å²) in [5.41, 5.74) is 0. The smallest absolute Gasteiger partial charge is 0.252 e. The van der Waals surface area contributed by atoms with E-state index >= 15 is 0 Å². The van der Waals surface area contributed by atoms with Crippen molar-refractivity contribution in [2.75, 3.05) is 13.1 Å². The van der Waals surface area contributed by atoms with Crippen molar-refractivity contribution < 1.29 is 8.42 Å². The fraction of sp³-hybridized carbons (Fsp3) is 0.625. The zero-order valence-electron chi connectivity index (χ0n) is 13.9. The SMILES string of the molecule is O=S(=O)(c1ccc(Cl)s1)N1CCC(c2nnc3n2CCCCC3)CC1. The topological polar surface area (TPSA) is 68.1 Å². The number of thiophene rings is 1. The number of halogens is 1. The van der Waals surface area contributed by atoms with Crippen LogP contribution in [0.1, 0.15) is 49.7 Å². The van der Waals surface area contributed by atoms with Crippen LogP contribution in [0, 0.1) is 0 Å². The van der Waals surface area contributed by atoms with Gasteiger partial charge in [-0.2, -0.15) is 4.31 Å². The predicted molar refractivity (Wildman–Crippen MR) is 97.6 cm³/mol. The number of nitrogens with zero attached hydrogens (tertiary/aromatic N) is 4. The van der Waals surface area contributed by atoms with Crippen LogP contribution in [0.4, 0.5) is 0 Å². The highest BCUT2D eigenvalue weighted by Crippen LogP contribution is 2.33. The molecule has 0 N–H and O–H groups in total. The molecule has 25 heavy (non-hydrogen) atoms.